The smallest absolute Gasteiger partial charge is 0.118 e. The van der Waals surface area contributed by atoms with Crippen molar-refractivity contribution in [3.8, 4) is 18.1 Å². The normalized spacial score (nSPS) is 15.2. The Morgan fingerprint density at radius 1 is 0.892 bits per heavy atom. The molecule has 1 saturated heterocycles. The second-order valence-electron chi connectivity index (χ2n) is 9.62. The van der Waals surface area contributed by atoms with Gasteiger partial charge in [0.1, 0.15) is 5.75 Å². The molecule has 1 heterocycles. The molecule has 0 unspecified atom stereocenters. The maximum absolute atomic E-state index is 5.52. The first-order valence-electron chi connectivity index (χ1n) is 13.2. The predicted molar refractivity (Wildman–Crippen MR) is 155 cm³/mol. The molecule has 0 N–H and O–H groups in total. The van der Waals surface area contributed by atoms with E-state index in [1.165, 1.54) is 22.3 Å². The Morgan fingerprint density at radius 2 is 1.46 bits per heavy atom. The zero-order valence-electron chi connectivity index (χ0n) is 22.2. The predicted octanol–water partition coefficient (Wildman–Crippen LogP) is 5.44. The zero-order valence-corrected chi connectivity index (χ0v) is 22.2. The van der Waals surface area contributed by atoms with Crippen molar-refractivity contribution in [3.05, 3.63) is 108 Å². The maximum atomic E-state index is 5.52. The lowest BCUT2D eigenvalue weighted by Crippen LogP contribution is -2.48. The molecule has 0 amide bonds. The Morgan fingerprint density at radius 3 is 2.00 bits per heavy atom. The van der Waals surface area contributed by atoms with Crippen LogP contribution in [0.1, 0.15) is 29.7 Å². The largest absolute Gasteiger partial charge is 0.497 e. The summed E-state index contributed by atoms with van der Waals surface area (Å²) in [5, 5.41) is 0. The van der Waals surface area contributed by atoms with E-state index < -0.39 is 0 Å². The summed E-state index contributed by atoms with van der Waals surface area (Å²) >= 11 is 0. The summed E-state index contributed by atoms with van der Waals surface area (Å²) in [5.41, 5.74) is 5.07. The van der Waals surface area contributed by atoms with Gasteiger partial charge in [0.15, 0.2) is 0 Å². The first-order valence-corrected chi connectivity index (χ1v) is 13.2. The molecule has 1 atom stereocenters. The van der Waals surface area contributed by atoms with Gasteiger partial charge >= 0.3 is 0 Å². The van der Waals surface area contributed by atoms with E-state index in [1.807, 2.05) is 0 Å². The molecule has 37 heavy (non-hydrogen) atoms. The number of hydrogen-bond donors (Lipinski definition) is 0. The van der Waals surface area contributed by atoms with E-state index in [2.05, 4.69) is 119 Å². The highest BCUT2D eigenvalue weighted by atomic mass is 16.5. The number of nitrogens with zero attached hydrogens (tertiary/aromatic N) is 3. The minimum atomic E-state index is 0.276. The molecule has 1 fully saturated rings. The Kier molecular flexibility index (Phi) is 9.97. The van der Waals surface area contributed by atoms with Gasteiger partial charge in [-0.05, 0) is 41.3 Å². The van der Waals surface area contributed by atoms with E-state index in [0.717, 1.165) is 58.1 Å². The van der Waals surface area contributed by atoms with E-state index in [9.17, 15) is 0 Å². The molecule has 1 aliphatic rings. The molecule has 0 radical (unpaired) electrons. The van der Waals surface area contributed by atoms with E-state index in [0.29, 0.717) is 0 Å². The van der Waals surface area contributed by atoms with Crippen LogP contribution in [0.25, 0.3) is 5.57 Å². The van der Waals surface area contributed by atoms with Crippen molar-refractivity contribution in [1.29, 1.82) is 0 Å². The van der Waals surface area contributed by atoms with Crippen LogP contribution < -0.4 is 4.74 Å². The highest BCUT2D eigenvalue weighted by Crippen LogP contribution is 2.26. The lowest BCUT2D eigenvalue weighted by Gasteiger charge is -2.36. The first-order chi connectivity index (χ1) is 18.2. The summed E-state index contributed by atoms with van der Waals surface area (Å²) in [6, 6.07) is 30.2. The minimum Gasteiger partial charge on any atom is -0.497 e. The van der Waals surface area contributed by atoms with Crippen LogP contribution in [-0.4, -0.2) is 74.2 Å². The molecule has 0 saturated carbocycles. The van der Waals surface area contributed by atoms with Gasteiger partial charge in [-0.2, -0.15) is 0 Å². The third-order valence-corrected chi connectivity index (χ3v) is 7.33. The van der Waals surface area contributed by atoms with Crippen LogP contribution in [0.15, 0.2) is 91.0 Å². The third kappa shape index (κ3) is 7.57. The molecule has 0 aliphatic carbocycles. The molecular weight excluding hydrogens is 454 g/mol. The van der Waals surface area contributed by atoms with Crippen LogP contribution in [-0.2, 0) is 0 Å². The SMILES string of the molecule is C#CCN1CCN(CCN(CC=C(c2ccccc2)c2ccccc2)[C@H](C)c2ccc(OC)cc2)CC1. The fourth-order valence-corrected chi connectivity index (χ4v) is 4.95. The van der Waals surface area contributed by atoms with E-state index in [-0.39, 0.29) is 6.04 Å². The van der Waals surface area contributed by atoms with Crippen molar-refractivity contribution < 1.29 is 4.74 Å². The molecule has 4 heteroatoms. The second kappa shape index (κ2) is 13.8. The van der Waals surface area contributed by atoms with Gasteiger partial charge in [0.05, 0.1) is 13.7 Å². The summed E-state index contributed by atoms with van der Waals surface area (Å²) in [6.07, 6.45) is 7.91. The Bertz CT molecular complexity index is 1100. The number of ether oxygens (including phenoxy) is 1. The summed E-state index contributed by atoms with van der Waals surface area (Å²) in [4.78, 5) is 7.52. The number of terminal acetylenes is 1. The lowest BCUT2D eigenvalue weighted by atomic mass is 9.97. The van der Waals surface area contributed by atoms with Crippen LogP contribution in [0.3, 0.4) is 0 Å². The van der Waals surface area contributed by atoms with Crippen LogP contribution in [0.2, 0.25) is 0 Å². The summed E-state index contributed by atoms with van der Waals surface area (Å²) in [7, 11) is 1.72. The first kappa shape index (κ1) is 26.7. The van der Waals surface area contributed by atoms with E-state index in [4.69, 9.17) is 11.2 Å². The van der Waals surface area contributed by atoms with Crippen LogP contribution in [0.5, 0.6) is 5.75 Å². The van der Waals surface area contributed by atoms with Crippen LogP contribution >= 0.6 is 0 Å². The fourth-order valence-electron chi connectivity index (χ4n) is 4.95. The van der Waals surface area contributed by atoms with Crippen molar-refractivity contribution in [2.45, 2.75) is 13.0 Å². The van der Waals surface area contributed by atoms with Gasteiger partial charge in [-0.3, -0.25) is 14.7 Å². The molecule has 0 spiro atoms. The molecule has 3 aromatic carbocycles. The number of rotatable bonds is 11. The number of hydrogen-bond acceptors (Lipinski definition) is 4. The number of benzene rings is 3. The van der Waals surface area contributed by atoms with Crippen LogP contribution in [0.4, 0.5) is 0 Å². The van der Waals surface area contributed by atoms with Gasteiger partial charge in [-0.15, -0.1) is 6.42 Å². The molecule has 4 rings (SSSR count). The topological polar surface area (TPSA) is 19.0 Å². The average molecular weight is 494 g/mol. The maximum Gasteiger partial charge on any atom is 0.118 e. The van der Waals surface area contributed by atoms with E-state index >= 15 is 0 Å². The van der Waals surface area contributed by atoms with Gasteiger partial charge in [0.25, 0.3) is 0 Å². The minimum absolute atomic E-state index is 0.276. The lowest BCUT2D eigenvalue weighted by molar-refractivity contribution is 0.121. The van der Waals surface area contributed by atoms with Gasteiger partial charge in [-0.1, -0.05) is 84.8 Å². The third-order valence-electron chi connectivity index (χ3n) is 7.33. The summed E-state index contributed by atoms with van der Waals surface area (Å²) in [5.74, 6) is 3.67. The molecular formula is C33H39N3O. The van der Waals surface area contributed by atoms with Crippen molar-refractivity contribution in [2.24, 2.45) is 0 Å². The van der Waals surface area contributed by atoms with E-state index in [1.54, 1.807) is 7.11 Å². The average Bonchev–Trinajstić information content (AvgIpc) is 2.96. The molecule has 0 aromatic heterocycles. The standard InChI is InChI=1S/C33H39N3O/c1-4-20-34-22-24-35(25-23-34)26-27-36(28(2)29-15-17-32(37-3)18-16-29)21-19-33(30-11-7-5-8-12-30)31-13-9-6-10-14-31/h1,5-19,28H,20-27H2,2-3H3/t28-/m1/s1. The molecule has 192 valence electrons. The van der Waals surface area contributed by atoms with Crippen LogP contribution in [0, 0.1) is 12.3 Å². The number of methoxy groups -OCH3 is 1. The summed E-state index contributed by atoms with van der Waals surface area (Å²) in [6.45, 7) is 10.2. The number of piperazine rings is 1. The van der Waals surface area contributed by atoms with Gasteiger partial charge in [0.2, 0.25) is 0 Å². The Balaban J connectivity index is 1.54. The molecule has 3 aromatic rings. The van der Waals surface area contributed by atoms with Crippen molar-refractivity contribution >= 4 is 5.57 Å². The summed E-state index contributed by atoms with van der Waals surface area (Å²) < 4.78 is 5.39. The van der Waals surface area contributed by atoms with Crippen molar-refractivity contribution in [3.63, 3.8) is 0 Å². The molecule has 4 nitrogen and oxygen atoms in total. The molecule has 0 bridgehead atoms. The van der Waals surface area contributed by atoms with Gasteiger partial charge < -0.3 is 4.74 Å². The zero-order chi connectivity index (χ0) is 25.9. The quantitative estimate of drug-likeness (QED) is 0.331. The van der Waals surface area contributed by atoms with Gasteiger partial charge in [0, 0.05) is 51.9 Å². The second-order valence-corrected chi connectivity index (χ2v) is 9.62. The Hall–Kier alpha value is -3.36. The van der Waals surface area contributed by atoms with Crippen molar-refractivity contribution in [1.82, 2.24) is 14.7 Å². The van der Waals surface area contributed by atoms with Gasteiger partial charge in [-0.25, -0.2) is 0 Å². The Labute approximate surface area is 223 Å². The molecule has 1 aliphatic heterocycles. The monoisotopic (exact) mass is 493 g/mol. The highest BCUT2D eigenvalue weighted by Gasteiger charge is 2.20. The fraction of sp³-hybridized carbons (Fsp3) is 0.333. The highest BCUT2D eigenvalue weighted by molar-refractivity contribution is 5.79. The van der Waals surface area contributed by atoms with Crippen molar-refractivity contribution in [2.75, 3.05) is 59.5 Å².